The van der Waals surface area contributed by atoms with E-state index in [1.165, 1.54) is 50.4 Å². The first-order chi connectivity index (χ1) is 23.2. The van der Waals surface area contributed by atoms with Gasteiger partial charge in [0.2, 0.25) is 17.6 Å². The Morgan fingerprint density at radius 3 is 2.50 bits per heavy atom. The number of methoxy groups -OCH3 is 4. The molecule has 0 radical (unpaired) electrons. The third kappa shape index (κ3) is 7.68. The molecule has 2 aliphatic heterocycles. The van der Waals surface area contributed by atoms with Crippen LogP contribution in [0.25, 0.3) is 10.9 Å². The lowest BCUT2D eigenvalue weighted by Crippen LogP contribution is -2.43. The molecule has 258 valence electrons. The van der Waals surface area contributed by atoms with E-state index in [9.17, 15) is 14.4 Å². The number of piperidine rings is 1. The first-order valence-electron chi connectivity index (χ1n) is 15.8. The average molecular weight is 686 g/mol. The van der Waals surface area contributed by atoms with Crippen molar-refractivity contribution >= 4 is 46.0 Å². The van der Waals surface area contributed by atoms with Crippen LogP contribution < -0.4 is 24.4 Å². The Hall–Kier alpha value is -4.36. The third-order valence-electron chi connectivity index (χ3n) is 8.76. The van der Waals surface area contributed by atoms with Gasteiger partial charge in [-0.3, -0.25) is 14.4 Å². The van der Waals surface area contributed by atoms with Gasteiger partial charge in [0.05, 0.1) is 32.4 Å². The van der Waals surface area contributed by atoms with Crippen LogP contribution in [0.3, 0.4) is 0 Å². The van der Waals surface area contributed by atoms with E-state index in [2.05, 4.69) is 10.2 Å². The highest BCUT2D eigenvalue weighted by molar-refractivity contribution is 6.31. The number of rotatable bonds is 6. The van der Waals surface area contributed by atoms with Crippen molar-refractivity contribution in [2.75, 3.05) is 79.2 Å². The fraction of sp³-hybridized carbons (Fsp3) is 0.471. The highest BCUT2D eigenvalue weighted by Gasteiger charge is 2.29. The summed E-state index contributed by atoms with van der Waals surface area (Å²) in [4.78, 5) is 50.3. The maximum atomic E-state index is 15.1. The second-order valence-electron chi connectivity index (χ2n) is 11.9. The standard InChI is InChI=1S/C34H41ClFN5O7/c1-45-20-30(43)39-11-9-29(42)37-17-21-6-5-10-40(18-21)33-22(14-25-27(38-33)16-28(46-2)32(48-4)31(25)47-3)19-41(13-12-39)34(44)24-15-23(35)7-8-26(24)36/h7-8,14-16,21H,5-6,9-13,17-20H2,1-4H3,(H,37,42). The van der Waals surface area contributed by atoms with Crippen molar-refractivity contribution in [3.63, 3.8) is 0 Å². The Bertz CT molecular complexity index is 1670. The van der Waals surface area contributed by atoms with Gasteiger partial charge in [0.1, 0.15) is 18.2 Å². The number of anilines is 1. The minimum Gasteiger partial charge on any atom is -0.493 e. The Balaban J connectivity index is 1.68. The molecular formula is C34H41ClFN5O7. The minimum absolute atomic E-state index is 0.0189. The number of nitrogens with zero attached hydrogens (tertiary/aromatic N) is 4. The Morgan fingerprint density at radius 1 is 1.00 bits per heavy atom. The van der Waals surface area contributed by atoms with Crippen LogP contribution in [0.15, 0.2) is 30.3 Å². The van der Waals surface area contributed by atoms with Crippen LogP contribution in [0.5, 0.6) is 17.2 Å². The van der Waals surface area contributed by atoms with E-state index in [1.54, 1.807) is 6.07 Å². The second-order valence-corrected chi connectivity index (χ2v) is 12.3. The highest BCUT2D eigenvalue weighted by Crippen LogP contribution is 2.44. The molecule has 1 saturated heterocycles. The summed E-state index contributed by atoms with van der Waals surface area (Å²) < 4.78 is 37.3. The molecule has 2 bridgehead atoms. The lowest BCUT2D eigenvalue weighted by atomic mass is 9.97. The number of aromatic nitrogens is 1. The number of hydrogen-bond donors (Lipinski definition) is 1. The Labute approximate surface area is 284 Å². The molecule has 3 aromatic rings. The molecule has 3 heterocycles. The van der Waals surface area contributed by atoms with Crippen molar-refractivity contribution in [3.8, 4) is 17.2 Å². The fourth-order valence-corrected chi connectivity index (χ4v) is 6.50. The molecule has 1 N–H and O–H groups in total. The van der Waals surface area contributed by atoms with E-state index in [0.29, 0.717) is 59.2 Å². The average Bonchev–Trinajstić information content (AvgIpc) is 3.09. The number of carbonyl (C=O) groups excluding carboxylic acids is 3. The summed E-state index contributed by atoms with van der Waals surface area (Å²) in [6.07, 6.45) is 1.86. The van der Waals surface area contributed by atoms with Crippen LogP contribution in [0, 0.1) is 11.7 Å². The lowest BCUT2D eigenvalue weighted by Gasteiger charge is -2.35. The maximum Gasteiger partial charge on any atom is 0.257 e. The number of halogens is 2. The van der Waals surface area contributed by atoms with E-state index < -0.39 is 11.7 Å². The summed E-state index contributed by atoms with van der Waals surface area (Å²) in [5.41, 5.74) is 1.07. The molecule has 0 aliphatic carbocycles. The largest absolute Gasteiger partial charge is 0.493 e. The van der Waals surface area contributed by atoms with E-state index in [1.807, 2.05) is 6.07 Å². The fourth-order valence-electron chi connectivity index (χ4n) is 6.33. The number of nitrogens with one attached hydrogen (secondary N) is 1. The molecule has 14 heteroatoms. The summed E-state index contributed by atoms with van der Waals surface area (Å²) in [5, 5.41) is 3.87. The molecular weight excluding hydrogens is 645 g/mol. The predicted octanol–water partition coefficient (Wildman–Crippen LogP) is 3.91. The van der Waals surface area contributed by atoms with Gasteiger partial charge in [-0.05, 0) is 43.0 Å². The van der Waals surface area contributed by atoms with Gasteiger partial charge in [-0.2, -0.15) is 0 Å². The first kappa shape index (κ1) is 35.0. The predicted molar refractivity (Wildman–Crippen MR) is 179 cm³/mol. The summed E-state index contributed by atoms with van der Waals surface area (Å²) in [7, 11) is 5.99. The van der Waals surface area contributed by atoms with E-state index >= 15 is 4.39 Å². The van der Waals surface area contributed by atoms with Crippen LogP contribution >= 0.6 is 11.6 Å². The highest BCUT2D eigenvalue weighted by atomic mass is 35.5. The lowest BCUT2D eigenvalue weighted by molar-refractivity contribution is -0.135. The number of benzene rings is 2. The number of ether oxygens (including phenoxy) is 4. The zero-order chi connectivity index (χ0) is 34.4. The molecule has 1 unspecified atom stereocenters. The smallest absolute Gasteiger partial charge is 0.257 e. The Kier molecular flexibility index (Phi) is 11.4. The quantitative estimate of drug-likeness (QED) is 0.412. The van der Waals surface area contributed by atoms with Crippen LogP contribution in [-0.2, 0) is 20.9 Å². The minimum atomic E-state index is -0.724. The van der Waals surface area contributed by atoms with Crippen LogP contribution in [0.2, 0.25) is 5.02 Å². The summed E-state index contributed by atoms with van der Waals surface area (Å²) in [6.45, 7) is 1.83. The zero-order valence-electron chi connectivity index (χ0n) is 27.6. The molecule has 3 amide bonds. The van der Waals surface area contributed by atoms with Gasteiger partial charge in [0.25, 0.3) is 5.91 Å². The van der Waals surface area contributed by atoms with Gasteiger partial charge in [-0.1, -0.05) is 11.6 Å². The SMILES string of the molecule is COCC(=O)N1CCC(=O)NCC2CCCN(C2)c2nc3cc(OC)c(OC)c(OC)c3cc2CN(C(=O)c2cc(Cl)ccc2F)CC1. The summed E-state index contributed by atoms with van der Waals surface area (Å²) in [5.74, 6) is 0.174. The van der Waals surface area contributed by atoms with Crippen LogP contribution in [-0.4, -0.2) is 107 Å². The molecule has 1 aromatic heterocycles. The van der Waals surface area contributed by atoms with Gasteiger partial charge in [-0.25, -0.2) is 9.37 Å². The second kappa shape index (κ2) is 15.7. The van der Waals surface area contributed by atoms with Crippen molar-refractivity contribution in [3.05, 3.63) is 52.3 Å². The van der Waals surface area contributed by atoms with Gasteiger partial charge in [-0.15, -0.1) is 0 Å². The molecule has 2 aromatic carbocycles. The Morgan fingerprint density at radius 2 is 1.77 bits per heavy atom. The first-order valence-corrected chi connectivity index (χ1v) is 16.2. The van der Waals surface area contributed by atoms with Gasteiger partial charge in [0, 0.05) is 81.4 Å². The van der Waals surface area contributed by atoms with Crippen LogP contribution in [0.4, 0.5) is 10.2 Å². The van der Waals surface area contributed by atoms with Crippen molar-refractivity contribution in [1.29, 1.82) is 0 Å². The van der Waals surface area contributed by atoms with E-state index in [4.69, 9.17) is 35.5 Å². The zero-order valence-corrected chi connectivity index (χ0v) is 28.4. The monoisotopic (exact) mass is 685 g/mol. The number of amides is 3. The normalized spacial score (nSPS) is 17.6. The van der Waals surface area contributed by atoms with E-state index in [-0.39, 0.29) is 67.5 Å². The number of carbonyl (C=O) groups is 3. The molecule has 0 spiro atoms. The molecule has 2 aliphatic rings. The van der Waals surface area contributed by atoms with E-state index in [0.717, 1.165) is 18.9 Å². The molecule has 1 atom stereocenters. The third-order valence-corrected chi connectivity index (χ3v) is 9.00. The summed E-state index contributed by atoms with van der Waals surface area (Å²) >= 11 is 6.20. The van der Waals surface area contributed by atoms with Gasteiger partial charge < -0.3 is 39.0 Å². The van der Waals surface area contributed by atoms with Crippen LogP contribution in [0.1, 0.15) is 35.2 Å². The van der Waals surface area contributed by atoms with Gasteiger partial charge >= 0.3 is 0 Å². The summed E-state index contributed by atoms with van der Waals surface area (Å²) in [6, 6.07) is 7.50. The molecule has 5 rings (SSSR count). The molecule has 1 fully saturated rings. The number of fused-ring (bicyclic) bond motifs is 5. The molecule has 0 saturated carbocycles. The number of hydrogen-bond acceptors (Lipinski definition) is 9. The molecule has 48 heavy (non-hydrogen) atoms. The maximum absolute atomic E-state index is 15.1. The van der Waals surface area contributed by atoms with Crippen molar-refractivity contribution < 1.29 is 37.7 Å². The number of pyridine rings is 1. The van der Waals surface area contributed by atoms with Crippen molar-refractivity contribution in [2.45, 2.75) is 25.8 Å². The van der Waals surface area contributed by atoms with Crippen molar-refractivity contribution in [2.24, 2.45) is 5.92 Å². The molecule has 12 nitrogen and oxygen atoms in total. The topological polar surface area (TPSA) is 123 Å². The van der Waals surface area contributed by atoms with Crippen molar-refractivity contribution in [1.82, 2.24) is 20.1 Å². The van der Waals surface area contributed by atoms with Gasteiger partial charge in [0.15, 0.2) is 11.5 Å².